The molecule has 1 aliphatic carbocycles. The van der Waals surface area contributed by atoms with Crippen molar-refractivity contribution < 1.29 is 0 Å². The van der Waals surface area contributed by atoms with Gasteiger partial charge >= 0.3 is 0 Å². The van der Waals surface area contributed by atoms with E-state index in [4.69, 9.17) is 5.41 Å². The van der Waals surface area contributed by atoms with E-state index in [1.165, 1.54) is 38.5 Å². The van der Waals surface area contributed by atoms with Crippen molar-refractivity contribution >= 4 is 6.72 Å². The molecule has 1 saturated carbocycles. The first-order valence-corrected chi connectivity index (χ1v) is 6.68. The van der Waals surface area contributed by atoms with Gasteiger partial charge in [-0.3, -0.25) is 0 Å². The van der Waals surface area contributed by atoms with Gasteiger partial charge in [0.15, 0.2) is 0 Å². The van der Waals surface area contributed by atoms with Crippen LogP contribution in [0.4, 0.5) is 0 Å². The lowest BCUT2D eigenvalue weighted by Crippen LogP contribution is -2.14. The van der Waals surface area contributed by atoms with Crippen LogP contribution in [0.3, 0.4) is 0 Å². The van der Waals surface area contributed by atoms with Gasteiger partial charge in [-0.05, 0) is 32.4 Å². The van der Waals surface area contributed by atoms with Crippen LogP contribution in [0.2, 0.25) is 0 Å². The summed E-state index contributed by atoms with van der Waals surface area (Å²) in [6.07, 6.45) is 12.9. The second-order valence-corrected chi connectivity index (χ2v) is 4.45. The van der Waals surface area contributed by atoms with Gasteiger partial charge in [0.05, 0.1) is 0 Å². The highest BCUT2D eigenvalue weighted by molar-refractivity contribution is 5.15. The van der Waals surface area contributed by atoms with Crippen molar-refractivity contribution in [3.05, 3.63) is 12.2 Å². The van der Waals surface area contributed by atoms with Crippen LogP contribution in [0.1, 0.15) is 66.2 Å². The van der Waals surface area contributed by atoms with Crippen LogP contribution in [0.15, 0.2) is 12.2 Å². The van der Waals surface area contributed by atoms with Crippen molar-refractivity contribution in [1.29, 1.82) is 5.41 Å². The quantitative estimate of drug-likeness (QED) is 0.476. The largest absolute Gasteiger partial charge is 0.317 e. The maximum absolute atomic E-state index is 5.50. The van der Waals surface area contributed by atoms with Gasteiger partial charge in [-0.1, -0.05) is 64.5 Å². The van der Waals surface area contributed by atoms with E-state index in [9.17, 15) is 0 Å². The molecule has 0 bridgehead atoms. The van der Waals surface area contributed by atoms with E-state index < -0.39 is 0 Å². The summed E-state index contributed by atoms with van der Waals surface area (Å²) in [4.78, 5) is 0. The van der Waals surface area contributed by atoms with E-state index in [1.54, 1.807) is 0 Å². The van der Waals surface area contributed by atoms with E-state index >= 15 is 0 Å². The highest BCUT2D eigenvalue weighted by Crippen LogP contribution is 2.30. The van der Waals surface area contributed by atoms with E-state index in [0.717, 1.165) is 11.8 Å². The molecule has 1 atom stereocenters. The van der Waals surface area contributed by atoms with Gasteiger partial charge in [0.25, 0.3) is 0 Å². The summed E-state index contributed by atoms with van der Waals surface area (Å²) in [7, 11) is 0. The standard InChI is InChI=1S/C10H20.C4H8.CH3N/c1-3-9(2)10-7-5-4-6-8-10;1-3-4-2;1-2/h9-10H,3-8H2,1-2H3;3-4H,1-2H3;2H,1H2/b;4-3-;. The molecule has 0 saturated heterocycles. The first kappa shape index (κ1) is 17.8. The molecule has 0 aliphatic heterocycles. The Morgan fingerprint density at radius 1 is 1.12 bits per heavy atom. The monoisotopic (exact) mass is 225 g/mol. The Kier molecular flexibility index (Phi) is 16.0. The third kappa shape index (κ3) is 9.95. The van der Waals surface area contributed by atoms with Crippen LogP contribution in [-0.4, -0.2) is 6.72 Å². The molecule has 0 amide bonds. The molecule has 1 nitrogen and oxygen atoms in total. The third-order valence-electron chi connectivity index (χ3n) is 3.43. The molecular weight excluding hydrogens is 194 g/mol. The van der Waals surface area contributed by atoms with Crippen molar-refractivity contribution in [3.8, 4) is 0 Å². The summed E-state index contributed by atoms with van der Waals surface area (Å²) in [5, 5.41) is 5.50. The number of nitrogens with one attached hydrogen (secondary N) is 1. The maximum Gasteiger partial charge on any atom is -0.0187 e. The van der Waals surface area contributed by atoms with Crippen molar-refractivity contribution in [2.24, 2.45) is 11.8 Å². The van der Waals surface area contributed by atoms with Crippen molar-refractivity contribution in [1.82, 2.24) is 0 Å². The molecule has 1 heteroatoms. The second kappa shape index (κ2) is 14.4. The summed E-state index contributed by atoms with van der Waals surface area (Å²) in [5.41, 5.74) is 0. The zero-order chi connectivity index (χ0) is 12.8. The van der Waals surface area contributed by atoms with Gasteiger partial charge in [0.2, 0.25) is 0 Å². The van der Waals surface area contributed by atoms with E-state index in [0.29, 0.717) is 0 Å². The molecule has 1 rings (SSSR count). The van der Waals surface area contributed by atoms with Gasteiger partial charge in [-0.2, -0.15) is 0 Å². The SMILES string of the molecule is C/C=C\C.C=N.CCC(C)C1CCCCC1. The number of allylic oxidation sites excluding steroid dienone is 2. The summed E-state index contributed by atoms with van der Waals surface area (Å²) in [6.45, 7) is 11.2. The summed E-state index contributed by atoms with van der Waals surface area (Å²) in [6, 6.07) is 0. The minimum absolute atomic E-state index is 0.986. The number of hydrogen-bond acceptors (Lipinski definition) is 1. The molecule has 16 heavy (non-hydrogen) atoms. The minimum Gasteiger partial charge on any atom is -0.317 e. The van der Waals surface area contributed by atoms with Crippen LogP contribution in [0.5, 0.6) is 0 Å². The number of rotatable bonds is 2. The summed E-state index contributed by atoms with van der Waals surface area (Å²) >= 11 is 0. The van der Waals surface area contributed by atoms with Gasteiger partial charge in [-0.25, -0.2) is 0 Å². The topological polar surface area (TPSA) is 23.9 Å². The van der Waals surface area contributed by atoms with Gasteiger partial charge in [0.1, 0.15) is 0 Å². The Bertz CT molecular complexity index is 142. The first-order chi connectivity index (χ1) is 7.76. The molecule has 0 radical (unpaired) electrons. The highest BCUT2D eigenvalue weighted by Gasteiger charge is 2.17. The Hall–Kier alpha value is -0.590. The lowest BCUT2D eigenvalue weighted by atomic mass is 9.80. The normalized spacial score (nSPS) is 18.0. The van der Waals surface area contributed by atoms with Crippen molar-refractivity contribution in [2.45, 2.75) is 66.2 Å². The van der Waals surface area contributed by atoms with Gasteiger partial charge < -0.3 is 5.41 Å². The van der Waals surface area contributed by atoms with Crippen molar-refractivity contribution in [2.75, 3.05) is 0 Å². The third-order valence-corrected chi connectivity index (χ3v) is 3.43. The Morgan fingerprint density at radius 3 is 1.88 bits per heavy atom. The highest BCUT2D eigenvalue weighted by atomic mass is 14.2. The molecule has 1 aliphatic rings. The van der Waals surface area contributed by atoms with Crippen LogP contribution in [0, 0.1) is 17.2 Å². The second-order valence-electron chi connectivity index (χ2n) is 4.45. The van der Waals surface area contributed by atoms with Crippen LogP contribution in [-0.2, 0) is 0 Å². The molecule has 1 fully saturated rings. The number of hydrogen-bond donors (Lipinski definition) is 1. The average Bonchev–Trinajstić information content (AvgIpc) is 2.41. The Morgan fingerprint density at radius 2 is 1.56 bits per heavy atom. The summed E-state index contributed by atoms with van der Waals surface area (Å²) in [5.74, 6) is 2.05. The molecule has 0 heterocycles. The van der Waals surface area contributed by atoms with Gasteiger partial charge in [0, 0.05) is 0 Å². The maximum atomic E-state index is 5.50. The first-order valence-electron chi connectivity index (χ1n) is 6.68. The molecule has 96 valence electrons. The Balaban J connectivity index is 0. The van der Waals surface area contributed by atoms with Crippen LogP contribution >= 0.6 is 0 Å². The Labute approximate surface area is 103 Å². The van der Waals surface area contributed by atoms with E-state index in [2.05, 4.69) is 20.6 Å². The van der Waals surface area contributed by atoms with Crippen molar-refractivity contribution in [3.63, 3.8) is 0 Å². The predicted octanol–water partition coefficient (Wildman–Crippen LogP) is 5.46. The van der Waals surface area contributed by atoms with E-state index in [-0.39, 0.29) is 0 Å². The molecule has 0 aromatic heterocycles. The zero-order valence-electron chi connectivity index (χ0n) is 11.8. The fraction of sp³-hybridized carbons (Fsp3) is 0.800. The minimum atomic E-state index is 0.986. The molecule has 0 spiro atoms. The zero-order valence-corrected chi connectivity index (χ0v) is 11.8. The molecule has 0 aromatic carbocycles. The van der Waals surface area contributed by atoms with Crippen LogP contribution < -0.4 is 0 Å². The molecule has 1 N–H and O–H groups in total. The van der Waals surface area contributed by atoms with Crippen LogP contribution in [0.25, 0.3) is 0 Å². The fourth-order valence-corrected chi connectivity index (χ4v) is 2.04. The molecular formula is C15H31N. The van der Waals surface area contributed by atoms with E-state index in [1.807, 2.05) is 26.0 Å². The summed E-state index contributed by atoms with van der Waals surface area (Å²) < 4.78 is 0. The molecule has 0 aromatic rings. The average molecular weight is 225 g/mol. The lowest BCUT2D eigenvalue weighted by Gasteiger charge is -2.26. The fourth-order valence-electron chi connectivity index (χ4n) is 2.04. The predicted molar refractivity (Wildman–Crippen MR) is 76.4 cm³/mol. The van der Waals surface area contributed by atoms with Gasteiger partial charge in [-0.15, -0.1) is 0 Å². The molecule has 1 unspecified atom stereocenters. The smallest absolute Gasteiger partial charge is 0.0187 e. The lowest BCUT2D eigenvalue weighted by molar-refractivity contribution is 0.258.